The first-order chi connectivity index (χ1) is 18.8. The number of ether oxygens (including phenoxy) is 1. The Morgan fingerprint density at radius 1 is 1.07 bits per heavy atom. The Kier molecular flexibility index (Phi) is 12.5. The van der Waals surface area contributed by atoms with Crippen molar-refractivity contribution in [2.24, 2.45) is 0 Å². The SMILES string of the molecule is COC(=O)C1=C(C)NC(C)=C(N(C=O)CCCN2CCC(c3ccccc3)CC2)C1c1ccc([N+](=O)[O-])cc1.Cl.O. The molecule has 2 heterocycles. The molecule has 0 bridgehead atoms. The zero-order chi connectivity index (χ0) is 27.9. The number of allylic oxidation sites excluding steroid dienone is 3. The van der Waals surface area contributed by atoms with Crippen molar-refractivity contribution >= 4 is 30.5 Å². The highest BCUT2D eigenvalue weighted by atomic mass is 35.5. The first-order valence-electron chi connectivity index (χ1n) is 13.3. The average Bonchev–Trinajstić information content (AvgIpc) is 2.96. The molecule has 0 aliphatic carbocycles. The number of nitro benzene ring substituents is 1. The molecule has 10 nitrogen and oxygen atoms in total. The molecule has 1 unspecified atom stereocenters. The van der Waals surface area contributed by atoms with Gasteiger partial charge in [-0.3, -0.25) is 14.9 Å². The van der Waals surface area contributed by atoms with Crippen molar-refractivity contribution in [2.75, 3.05) is 33.3 Å². The van der Waals surface area contributed by atoms with Crippen LogP contribution in [0.1, 0.15) is 56.1 Å². The Labute approximate surface area is 246 Å². The van der Waals surface area contributed by atoms with E-state index in [9.17, 15) is 19.7 Å². The van der Waals surface area contributed by atoms with Crippen LogP contribution in [-0.4, -0.2) is 65.9 Å². The fourth-order valence-corrected chi connectivity index (χ4v) is 5.77. The molecule has 0 radical (unpaired) electrons. The Balaban J connectivity index is 0.00000294. The van der Waals surface area contributed by atoms with Crippen molar-refractivity contribution in [1.29, 1.82) is 0 Å². The van der Waals surface area contributed by atoms with Crippen LogP contribution in [-0.2, 0) is 14.3 Å². The molecule has 3 N–H and O–H groups in total. The molecule has 1 saturated heterocycles. The van der Waals surface area contributed by atoms with E-state index in [-0.39, 0.29) is 23.6 Å². The number of nitro groups is 1. The van der Waals surface area contributed by atoms with E-state index in [4.69, 9.17) is 4.74 Å². The highest BCUT2D eigenvalue weighted by Gasteiger charge is 2.36. The number of amides is 1. The Hall–Kier alpha value is -3.73. The largest absolute Gasteiger partial charge is 0.466 e. The normalized spacial score (nSPS) is 17.6. The summed E-state index contributed by atoms with van der Waals surface area (Å²) in [5.74, 6) is -0.531. The standard InChI is InChI=1S/C30H36N4O5.ClH.H2O/c1-21-27(30(36)39-3)28(25-10-12-26(13-11-25)34(37)38)29(22(2)31-21)33(20-35)17-7-16-32-18-14-24(15-19-32)23-8-5-4-6-9-23;;/h4-6,8-13,20,24,28,31H,7,14-19H2,1-3H3;1H;1H2. The number of carbonyl (C=O) groups is 2. The van der Waals surface area contributed by atoms with Crippen molar-refractivity contribution in [2.45, 2.75) is 44.9 Å². The minimum absolute atomic E-state index is 0. The van der Waals surface area contributed by atoms with Gasteiger partial charge in [-0.05, 0) is 69.8 Å². The molecule has 0 saturated carbocycles. The van der Waals surface area contributed by atoms with Gasteiger partial charge in [-0.15, -0.1) is 12.4 Å². The number of non-ortho nitro benzene ring substituents is 1. The molecule has 1 atom stereocenters. The third kappa shape index (κ3) is 7.72. The van der Waals surface area contributed by atoms with Crippen LogP contribution in [0.15, 0.2) is 77.3 Å². The third-order valence-electron chi connectivity index (χ3n) is 7.74. The van der Waals surface area contributed by atoms with Crippen molar-refractivity contribution in [3.8, 4) is 0 Å². The number of methoxy groups -OCH3 is 1. The van der Waals surface area contributed by atoms with Gasteiger partial charge in [0, 0.05) is 30.1 Å². The van der Waals surface area contributed by atoms with E-state index in [1.807, 2.05) is 13.0 Å². The fourth-order valence-electron chi connectivity index (χ4n) is 5.77. The van der Waals surface area contributed by atoms with Gasteiger partial charge in [0.25, 0.3) is 5.69 Å². The number of piperidine rings is 1. The van der Waals surface area contributed by atoms with Gasteiger partial charge in [0.2, 0.25) is 6.41 Å². The zero-order valence-corrected chi connectivity index (χ0v) is 24.5. The number of esters is 1. The maximum Gasteiger partial charge on any atom is 0.336 e. The molecule has 41 heavy (non-hydrogen) atoms. The molecule has 0 spiro atoms. The van der Waals surface area contributed by atoms with Crippen molar-refractivity contribution < 1.29 is 24.7 Å². The molecule has 2 aliphatic heterocycles. The number of rotatable bonds is 10. The van der Waals surface area contributed by atoms with Gasteiger partial charge in [0.15, 0.2) is 0 Å². The highest BCUT2D eigenvalue weighted by Crippen LogP contribution is 2.40. The number of hydrogen-bond donors (Lipinski definition) is 1. The predicted octanol–water partition coefficient (Wildman–Crippen LogP) is 4.29. The number of dihydropyridines is 1. The maximum absolute atomic E-state index is 12.9. The van der Waals surface area contributed by atoms with Crippen LogP contribution in [0.4, 0.5) is 5.69 Å². The lowest BCUT2D eigenvalue weighted by atomic mass is 9.83. The molecule has 222 valence electrons. The molecular formula is C30H39ClN4O6. The van der Waals surface area contributed by atoms with Crippen LogP contribution in [0.5, 0.6) is 0 Å². The Morgan fingerprint density at radius 3 is 2.27 bits per heavy atom. The van der Waals surface area contributed by atoms with E-state index in [0.29, 0.717) is 35.0 Å². The quantitative estimate of drug-likeness (QED) is 0.190. The minimum Gasteiger partial charge on any atom is -0.466 e. The predicted molar refractivity (Wildman–Crippen MR) is 159 cm³/mol. The van der Waals surface area contributed by atoms with Crippen LogP contribution < -0.4 is 5.32 Å². The molecule has 1 amide bonds. The smallest absolute Gasteiger partial charge is 0.336 e. The van der Waals surface area contributed by atoms with Crippen LogP contribution in [0, 0.1) is 10.1 Å². The van der Waals surface area contributed by atoms with E-state index < -0.39 is 16.8 Å². The zero-order valence-electron chi connectivity index (χ0n) is 23.7. The number of carbonyl (C=O) groups excluding carboxylic acids is 2. The lowest BCUT2D eigenvalue weighted by Crippen LogP contribution is -2.38. The minimum atomic E-state index is -0.605. The summed E-state index contributed by atoms with van der Waals surface area (Å²) in [5.41, 5.74) is 4.43. The van der Waals surface area contributed by atoms with E-state index in [1.165, 1.54) is 24.8 Å². The molecule has 0 aromatic heterocycles. The van der Waals surface area contributed by atoms with Crippen LogP contribution >= 0.6 is 12.4 Å². The Morgan fingerprint density at radius 2 is 1.71 bits per heavy atom. The topological polar surface area (TPSA) is 137 Å². The summed E-state index contributed by atoms with van der Waals surface area (Å²) in [4.78, 5) is 40.1. The van der Waals surface area contributed by atoms with E-state index in [1.54, 1.807) is 24.0 Å². The highest BCUT2D eigenvalue weighted by molar-refractivity contribution is 5.92. The van der Waals surface area contributed by atoms with Gasteiger partial charge < -0.3 is 25.3 Å². The van der Waals surface area contributed by atoms with Crippen molar-refractivity contribution in [3.05, 3.63) is 98.5 Å². The number of nitrogens with zero attached hydrogens (tertiary/aromatic N) is 3. The number of likely N-dealkylation sites (tertiary alicyclic amines) is 1. The molecular weight excluding hydrogens is 548 g/mol. The molecule has 11 heteroatoms. The molecule has 1 fully saturated rings. The summed E-state index contributed by atoms with van der Waals surface area (Å²) in [6.07, 6.45) is 3.81. The monoisotopic (exact) mass is 586 g/mol. The summed E-state index contributed by atoms with van der Waals surface area (Å²) in [6.45, 7) is 7.04. The Bertz CT molecular complexity index is 1260. The second-order valence-electron chi connectivity index (χ2n) is 10.1. The summed E-state index contributed by atoms with van der Waals surface area (Å²) in [6, 6.07) is 16.8. The molecule has 2 aromatic carbocycles. The fraction of sp³-hybridized carbons (Fsp3) is 0.400. The van der Waals surface area contributed by atoms with E-state index in [2.05, 4.69) is 34.5 Å². The van der Waals surface area contributed by atoms with Gasteiger partial charge in [0.05, 0.1) is 29.2 Å². The average molecular weight is 587 g/mol. The summed E-state index contributed by atoms with van der Waals surface area (Å²) >= 11 is 0. The van der Waals surface area contributed by atoms with Gasteiger partial charge in [0.1, 0.15) is 0 Å². The van der Waals surface area contributed by atoms with Crippen LogP contribution in [0.25, 0.3) is 0 Å². The summed E-state index contributed by atoms with van der Waals surface area (Å²) in [5, 5.41) is 14.5. The van der Waals surface area contributed by atoms with E-state index >= 15 is 0 Å². The lowest BCUT2D eigenvalue weighted by Gasteiger charge is -2.36. The molecule has 2 aromatic rings. The first kappa shape index (κ1) is 33.5. The molecule has 4 rings (SSSR count). The summed E-state index contributed by atoms with van der Waals surface area (Å²) < 4.78 is 5.09. The van der Waals surface area contributed by atoms with Crippen LogP contribution in [0.3, 0.4) is 0 Å². The van der Waals surface area contributed by atoms with Gasteiger partial charge >= 0.3 is 5.97 Å². The van der Waals surface area contributed by atoms with E-state index in [0.717, 1.165) is 51.0 Å². The van der Waals surface area contributed by atoms with Gasteiger partial charge in [-0.25, -0.2) is 4.79 Å². The second kappa shape index (κ2) is 15.3. The number of hydrogen-bond acceptors (Lipinski definition) is 7. The number of benzene rings is 2. The van der Waals surface area contributed by atoms with Crippen LogP contribution in [0.2, 0.25) is 0 Å². The van der Waals surface area contributed by atoms with Gasteiger partial charge in [-0.2, -0.15) is 0 Å². The lowest BCUT2D eigenvalue weighted by molar-refractivity contribution is -0.384. The number of halogens is 1. The second-order valence-corrected chi connectivity index (χ2v) is 10.1. The third-order valence-corrected chi connectivity index (χ3v) is 7.74. The van der Waals surface area contributed by atoms with Crippen molar-refractivity contribution in [3.63, 3.8) is 0 Å². The summed E-state index contributed by atoms with van der Waals surface area (Å²) in [7, 11) is 1.32. The molecule has 2 aliphatic rings. The van der Waals surface area contributed by atoms with Gasteiger partial charge in [-0.1, -0.05) is 42.5 Å². The van der Waals surface area contributed by atoms with Crippen molar-refractivity contribution in [1.82, 2.24) is 15.1 Å². The number of nitrogens with one attached hydrogen (secondary N) is 1. The first-order valence-corrected chi connectivity index (χ1v) is 13.3. The maximum atomic E-state index is 12.9.